The second-order valence-corrected chi connectivity index (χ2v) is 6.55. The lowest BCUT2D eigenvalue weighted by atomic mass is 10.1. The van der Waals surface area contributed by atoms with Crippen LogP contribution < -0.4 is 4.90 Å². The number of benzene rings is 2. The first-order valence-electron chi connectivity index (χ1n) is 8.11. The van der Waals surface area contributed by atoms with E-state index in [-0.39, 0.29) is 22.1 Å². The topological polar surface area (TPSA) is 62.5 Å². The van der Waals surface area contributed by atoms with Crippen LogP contribution in [0.1, 0.15) is 32.0 Å². The Kier molecular flexibility index (Phi) is 4.01. The lowest BCUT2D eigenvalue weighted by molar-refractivity contribution is 0.0696. The maximum atomic E-state index is 13.2. The Labute approximate surface area is 155 Å². The van der Waals surface area contributed by atoms with Crippen LogP contribution in [0.15, 0.2) is 60.8 Å². The largest absolute Gasteiger partial charge is 0.478 e. The second-order valence-electron chi connectivity index (χ2n) is 6.15. The molecule has 2 heterocycles. The number of amides is 1. The number of carbonyl (C=O) groups excluding carboxylic acids is 1. The van der Waals surface area contributed by atoms with E-state index in [9.17, 15) is 9.59 Å². The normalized spacial score (nSPS) is 12.9. The van der Waals surface area contributed by atoms with Gasteiger partial charge in [0.05, 0.1) is 22.7 Å². The summed E-state index contributed by atoms with van der Waals surface area (Å²) in [5.41, 5.74) is 3.23. The van der Waals surface area contributed by atoms with Crippen molar-refractivity contribution in [1.82, 2.24) is 4.57 Å². The Morgan fingerprint density at radius 2 is 1.81 bits per heavy atom. The van der Waals surface area contributed by atoms with Gasteiger partial charge in [-0.25, -0.2) is 4.79 Å². The number of carboxylic acids is 1. The van der Waals surface area contributed by atoms with E-state index in [2.05, 4.69) is 4.57 Å². The summed E-state index contributed by atoms with van der Waals surface area (Å²) in [6.07, 6.45) is 1.99. The summed E-state index contributed by atoms with van der Waals surface area (Å²) < 4.78 is 2.11. The van der Waals surface area contributed by atoms with E-state index in [0.29, 0.717) is 13.1 Å². The Morgan fingerprint density at radius 3 is 2.58 bits per heavy atom. The van der Waals surface area contributed by atoms with Gasteiger partial charge in [0.1, 0.15) is 0 Å². The number of rotatable bonds is 2. The van der Waals surface area contributed by atoms with E-state index in [1.807, 2.05) is 42.6 Å². The summed E-state index contributed by atoms with van der Waals surface area (Å²) in [6.45, 7) is 1.10. The first kappa shape index (κ1) is 16.4. The molecular weight excluding hydrogens is 352 g/mol. The lowest BCUT2D eigenvalue weighted by Gasteiger charge is -2.23. The number of hydrogen-bond donors (Lipinski definition) is 1. The van der Waals surface area contributed by atoms with Crippen LogP contribution in [0.4, 0.5) is 5.69 Å². The van der Waals surface area contributed by atoms with Crippen LogP contribution in [0.3, 0.4) is 0 Å². The molecule has 4 rings (SSSR count). The molecule has 1 aromatic heterocycles. The van der Waals surface area contributed by atoms with Crippen LogP contribution in [0, 0.1) is 0 Å². The highest BCUT2D eigenvalue weighted by Crippen LogP contribution is 2.30. The van der Waals surface area contributed by atoms with Gasteiger partial charge >= 0.3 is 5.97 Å². The summed E-state index contributed by atoms with van der Waals surface area (Å²) in [6, 6.07) is 15.9. The fourth-order valence-corrected chi connectivity index (χ4v) is 3.50. The van der Waals surface area contributed by atoms with E-state index in [4.69, 9.17) is 16.7 Å². The van der Waals surface area contributed by atoms with Gasteiger partial charge in [-0.2, -0.15) is 0 Å². The number of halogens is 1. The Balaban J connectivity index is 1.79. The van der Waals surface area contributed by atoms with Crippen molar-refractivity contribution >= 4 is 29.2 Å². The molecule has 3 aromatic rings. The molecular formula is C20H15ClN2O3. The third-order valence-electron chi connectivity index (χ3n) is 4.56. The molecule has 1 amide bonds. The molecule has 130 valence electrons. The quantitative estimate of drug-likeness (QED) is 0.744. The smallest absolute Gasteiger partial charge is 0.335 e. The highest BCUT2D eigenvalue weighted by atomic mass is 35.5. The van der Waals surface area contributed by atoms with Crippen molar-refractivity contribution < 1.29 is 14.7 Å². The maximum absolute atomic E-state index is 13.2. The van der Waals surface area contributed by atoms with Crippen LogP contribution in [0.25, 0.3) is 0 Å². The van der Waals surface area contributed by atoms with Crippen molar-refractivity contribution in [3.8, 4) is 0 Å². The maximum Gasteiger partial charge on any atom is 0.335 e. The zero-order valence-electron chi connectivity index (χ0n) is 13.7. The SMILES string of the molecule is O=C(O)c1ccc(C(=O)N2Cc3cccn3Cc3ccccc32)c(Cl)c1. The zero-order valence-corrected chi connectivity index (χ0v) is 14.5. The van der Waals surface area contributed by atoms with Crippen LogP contribution in [-0.4, -0.2) is 21.6 Å². The lowest BCUT2D eigenvalue weighted by Crippen LogP contribution is -2.30. The molecule has 0 bridgehead atoms. The monoisotopic (exact) mass is 366 g/mol. The minimum absolute atomic E-state index is 0.0525. The molecule has 5 nitrogen and oxygen atoms in total. The van der Waals surface area contributed by atoms with Gasteiger partial charge in [-0.15, -0.1) is 0 Å². The number of carbonyl (C=O) groups is 2. The zero-order chi connectivity index (χ0) is 18.3. The summed E-state index contributed by atoms with van der Waals surface area (Å²) >= 11 is 6.22. The van der Waals surface area contributed by atoms with Crippen molar-refractivity contribution in [3.63, 3.8) is 0 Å². The molecule has 0 spiro atoms. The molecule has 26 heavy (non-hydrogen) atoms. The predicted molar refractivity (Wildman–Crippen MR) is 98.9 cm³/mol. The number of nitrogens with zero attached hydrogens (tertiary/aromatic N) is 2. The minimum atomic E-state index is -1.08. The van der Waals surface area contributed by atoms with Gasteiger partial charge in [0, 0.05) is 24.1 Å². The van der Waals surface area contributed by atoms with Gasteiger partial charge in [-0.05, 0) is 42.0 Å². The predicted octanol–water partition coefficient (Wildman–Crippen LogP) is 4.05. The van der Waals surface area contributed by atoms with Crippen molar-refractivity contribution in [2.75, 3.05) is 4.90 Å². The molecule has 0 atom stereocenters. The van der Waals surface area contributed by atoms with Gasteiger partial charge in [0.25, 0.3) is 5.91 Å². The standard InChI is InChI=1S/C20H15ClN2O3/c21-17-10-13(20(25)26)7-8-16(17)19(24)23-12-15-5-3-9-22(15)11-14-4-1-2-6-18(14)23/h1-10H,11-12H2,(H,25,26). The van der Waals surface area contributed by atoms with Gasteiger partial charge in [-0.3, -0.25) is 4.79 Å². The van der Waals surface area contributed by atoms with Gasteiger partial charge in [0.2, 0.25) is 0 Å². The molecule has 0 saturated carbocycles. The number of fused-ring (bicyclic) bond motifs is 2. The summed E-state index contributed by atoms with van der Waals surface area (Å²) in [5.74, 6) is -1.34. The molecule has 6 heteroatoms. The number of carboxylic acid groups (broad SMARTS) is 1. The molecule has 0 fully saturated rings. The van der Waals surface area contributed by atoms with E-state index >= 15 is 0 Å². The molecule has 1 N–H and O–H groups in total. The third kappa shape index (κ3) is 2.76. The van der Waals surface area contributed by atoms with Crippen molar-refractivity contribution in [2.24, 2.45) is 0 Å². The molecule has 1 aliphatic heterocycles. The Bertz CT molecular complexity index is 1030. The Hall–Kier alpha value is -3.05. The molecule has 2 aromatic carbocycles. The highest BCUT2D eigenvalue weighted by Gasteiger charge is 2.26. The fourth-order valence-electron chi connectivity index (χ4n) is 3.23. The number of para-hydroxylation sites is 1. The Morgan fingerprint density at radius 1 is 1.00 bits per heavy atom. The van der Waals surface area contributed by atoms with E-state index < -0.39 is 5.97 Å². The molecule has 0 radical (unpaired) electrons. The van der Waals surface area contributed by atoms with Crippen LogP contribution in [0.5, 0.6) is 0 Å². The summed E-state index contributed by atoms with van der Waals surface area (Å²) in [4.78, 5) is 26.0. The average Bonchev–Trinajstić information content (AvgIpc) is 3.00. The van der Waals surface area contributed by atoms with Gasteiger partial charge in [-0.1, -0.05) is 29.8 Å². The summed E-state index contributed by atoms with van der Waals surface area (Å²) in [7, 11) is 0. The van der Waals surface area contributed by atoms with E-state index in [0.717, 1.165) is 16.9 Å². The minimum Gasteiger partial charge on any atom is -0.478 e. The van der Waals surface area contributed by atoms with Crippen LogP contribution in [0.2, 0.25) is 5.02 Å². The van der Waals surface area contributed by atoms with Gasteiger partial charge < -0.3 is 14.6 Å². The molecule has 0 aliphatic carbocycles. The first-order valence-corrected chi connectivity index (χ1v) is 8.49. The number of aromatic carboxylic acids is 1. The second kappa shape index (κ2) is 6.35. The van der Waals surface area contributed by atoms with E-state index in [1.165, 1.54) is 18.2 Å². The number of aromatic nitrogens is 1. The van der Waals surface area contributed by atoms with Gasteiger partial charge in [0.15, 0.2) is 0 Å². The van der Waals surface area contributed by atoms with Crippen molar-refractivity contribution in [1.29, 1.82) is 0 Å². The molecule has 0 saturated heterocycles. The first-order chi connectivity index (χ1) is 12.5. The number of anilines is 1. The highest BCUT2D eigenvalue weighted by molar-refractivity contribution is 6.35. The van der Waals surface area contributed by atoms with Crippen molar-refractivity contribution in [3.05, 3.63) is 88.2 Å². The fraction of sp³-hybridized carbons (Fsp3) is 0.100. The average molecular weight is 367 g/mol. The molecule has 1 aliphatic rings. The third-order valence-corrected chi connectivity index (χ3v) is 4.87. The van der Waals surface area contributed by atoms with E-state index in [1.54, 1.807) is 4.90 Å². The summed E-state index contributed by atoms with van der Waals surface area (Å²) in [5, 5.41) is 9.22. The van der Waals surface area contributed by atoms with Crippen molar-refractivity contribution in [2.45, 2.75) is 13.1 Å². The van der Waals surface area contributed by atoms with Crippen LogP contribution >= 0.6 is 11.6 Å². The molecule has 0 unspecified atom stereocenters. The number of hydrogen-bond acceptors (Lipinski definition) is 2. The van der Waals surface area contributed by atoms with Crippen LogP contribution in [-0.2, 0) is 13.1 Å².